The van der Waals surface area contributed by atoms with Gasteiger partial charge in [-0.3, -0.25) is 4.79 Å². The third-order valence-electron chi connectivity index (χ3n) is 4.37. The van der Waals surface area contributed by atoms with E-state index in [-0.39, 0.29) is 11.9 Å². The molecule has 0 saturated carbocycles. The average molecular weight is 331 g/mol. The Hall–Kier alpha value is -2.43. The molecule has 1 aromatic heterocycles. The van der Waals surface area contributed by atoms with Crippen LogP contribution in [0.2, 0.25) is 0 Å². The van der Waals surface area contributed by atoms with Gasteiger partial charge < -0.3 is 19.2 Å². The Kier molecular flexibility index (Phi) is 5.22. The van der Waals surface area contributed by atoms with Crippen LogP contribution in [0, 0.1) is 27.7 Å². The molecule has 0 bridgehead atoms. The molecule has 2 rings (SSSR count). The lowest BCUT2D eigenvalue weighted by atomic mass is 10.0. The number of carbonyl (C=O) groups is 1. The predicted molar refractivity (Wildman–Crippen MR) is 93.1 cm³/mol. The number of hydrogen-bond donors (Lipinski definition) is 1. The van der Waals surface area contributed by atoms with Crippen molar-refractivity contribution in [1.29, 1.82) is 0 Å². The van der Waals surface area contributed by atoms with Crippen LogP contribution in [0.5, 0.6) is 11.5 Å². The molecule has 5 nitrogen and oxygen atoms in total. The molecule has 24 heavy (non-hydrogen) atoms. The third-order valence-corrected chi connectivity index (χ3v) is 4.37. The van der Waals surface area contributed by atoms with E-state index in [1.54, 1.807) is 21.1 Å². The normalized spacial score (nSPS) is 12.0. The van der Waals surface area contributed by atoms with E-state index in [0.717, 1.165) is 22.5 Å². The van der Waals surface area contributed by atoms with Crippen molar-refractivity contribution in [2.75, 3.05) is 14.2 Å². The Morgan fingerprint density at radius 1 is 1.04 bits per heavy atom. The van der Waals surface area contributed by atoms with Crippen LogP contribution >= 0.6 is 0 Å². The zero-order valence-corrected chi connectivity index (χ0v) is 15.4. The molecule has 5 heteroatoms. The maximum absolute atomic E-state index is 12.6. The van der Waals surface area contributed by atoms with E-state index in [1.807, 2.05) is 39.8 Å². The molecule has 0 fully saturated rings. The first-order valence-corrected chi connectivity index (χ1v) is 7.90. The lowest BCUT2D eigenvalue weighted by Crippen LogP contribution is -2.28. The topological polar surface area (TPSA) is 60.7 Å². The Balaban J connectivity index is 2.29. The molecule has 1 aromatic carbocycles. The number of hydrogen-bond acceptors (Lipinski definition) is 4. The number of furan rings is 1. The van der Waals surface area contributed by atoms with Crippen molar-refractivity contribution in [3.63, 3.8) is 0 Å². The number of carbonyl (C=O) groups excluding carboxylic acids is 1. The van der Waals surface area contributed by atoms with Crippen LogP contribution in [0.4, 0.5) is 0 Å². The molecule has 1 amide bonds. The van der Waals surface area contributed by atoms with Gasteiger partial charge in [-0.2, -0.15) is 0 Å². The minimum atomic E-state index is -0.175. The van der Waals surface area contributed by atoms with Crippen molar-refractivity contribution in [2.24, 2.45) is 0 Å². The second-order valence-electron chi connectivity index (χ2n) is 5.97. The molecule has 0 aliphatic rings. The zero-order chi connectivity index (χ0) is 18.0. The van der Waals surface area contributed by atoms with Crippen molar-refractivity contribution >= 4 is 5.91 Å². The SMILES string of the molecule is COc1cc(C)c([C@H](C)NC(=O)c2c(C)oc(C)c2C)cc1OC. The van der Waals surface area contributed by atoms with Crippen LogP contribution in [-0.4, -0.2) is 20.1 Å². The van der Waals surface area contributed by atoms with Gasteiger partial charge >= 0.3 is 0 Å². The molecule has 2 aromatic rings. The summed E-state index contributed by atoms with van der Waals surface area (Å²) < 4.78 is 16.2. The van der Waals surface area contributed by atoms with Gasteiger partial charge in [0.1, 0.15) is 11.5 Å². The molecule has 0 saturated heterocycles. The van der Waals surface area contributed by atoms with E-state index < -0.39 is 0 Å². The number of rotatable bonds is 5. The van der Waals surface area contributed by atoms with Gasteiger partial charge in [-0.25, -0.2) is 0 Å². The van der Waals surface area contributed by atoms with Gasteiger partial charge in [-0.1, -0.05) is 0 Å². The minimum Gasteiger partial charge on any atom is -0.493 e. The van der Waals surface area contributed by atoms with Gasteiger partial charge in [0.05, 0.1) is 25.8 Å². The minimum absolute atomic E-state index is 0.136. The third kappa shape index (κ3) is 3.25. The van der Waals surface area contributed by atoms with Crippen LogP contribution in [0.3, 0.4) is 0 Å². The standard InChI is InChI=1S/C19H25NO4/c1-10-8-16(22-6)17(23-7)9-15(10)12(3)20-19(21)18-11(2)13(4)24-14(18)5/h8-9,12H,1-7H3,(H,20,21)/t12-/m0/s1. The van der Waals surface area contributed by atoms with Crippen LogP contribution in [0.15, 0.2) is 16.5 Å². The van der Waals surface area contributed by atoms with Gasteiger partial charge in [0.2, 0.25) is 0 Å². The van der Waals surface area contributed by atoms with Crippen molar-refractivity contribution < 1.29 is 18.7 Å². The maximum Gasteiger partial charge on any atom is 0.255 e. The highest BCUT2D eigenvalue weighted by Crippen LogP contribution is 2.33. The molecule has 0 radical (unpaired) electrons. The van der Waals surface area contributed by atoms with Crippen LogP contribution in [0.1, 0.15) is 51.5 Å². The Morgan fingerprint density at radius 3 is 2.12 bits per heavy atom. The molecule has 1 heterocycles. The monoisotopic (exact) mass is 331 g/mol. The first kappa shape index (κ1) is 17.9. The fraction of sp³-hybridized carbons (Fsp3) is 0.421. The van der Waals surface area contributed by atoms with Crippen LogP contribution in [-0.2, 0) is 0 Å². The first-order chi connectivity index (χ1) is 11.3. The highest BCUT2D eigenvalue weighted by molar-refractivity contribution is 5.97. The molecular weight excluding hydrogens is 306 g/mol. The fourth-order valence-electron chi connectivity index (χ4n) is 2.94. The molecule has 0 aliphatic heterocycles. The van der Waals surface area contributed by atoms with Crippen LogP contribution < -0.4 is 14.8 Å². The number of aryl methyl sites for hydroxylation is 3. The highest BCUT2D eigenvalue weighted by Gasteiger charge is 2.21. The number of ether oxygens (including phenoxy) is 2. The summed E-state index contributed by atoms with van der Waals surface area (Å²) in [6.07, 6.45) is 0. The van der Waals surface area contributed by atoms with Gasteiger partial charge in [0.15, 0.2) is 11.5 Å². The van der Waals surface area contributed by atoms with Gasteiger partial charge in [0.25, 0.3) is 5.91 Å². The second-order valence-corrected chi connectivity index (χ2v) is 5.97. The van der Waals surface area contributed by atoms with Crippen molar-refractivity contribution in [2.45, 2.75) is 40.7 Å². The smallest absolute Gasteiger partial charge is 0.255 e. The van der Waals surface area contributed by atoms with E-state index in [4.69, 9.17) is 13.9 Å². The molecule has 130 valence electrons. The quantitative estimate of drug-likeness (QED) is 0.899. The number of methoxy groups -OCH3 is 2. The van der Waals surface area contributed by atoms with Crippen molar-refractivity contribution in [1.82, 2.24) is 5.32 Å². The predicted octanol–water partition coefficient (Wildman–Crippen LogP) is 4.02. The summed E-state index contributed by atoms with van der Waals surface area (Å²) in [5, 5.41) is 3.04. The zero-order valence-electron chi connectivity index (χ0n) is 15.4. The van der Waals surface area contributed by atoms with Gasteiger partial charge in [-0.15, -0.1) is 0 Å². The first-order valence-electron chi connectivity index (χ1n) is 7.90. The molecule has 1 atom stereocenters. The molecule has 0 unspecified atom stereocenters. The molecule has 0 aliphatic carbocycles. The van der Waals surface area contributed by atoms with E-state index in [9.17, 15) is 4.79 Å². The largest absolute Gasteiger partial charge is 0.493 e. The summed E-state index contributed by atoms with van der Waals surface area (Å²) in [4.78, 5) is 12.6. The van der Waals surface area contributed by atoms with Gasteiger partial charge in [0, 0.05) is 5.56 Å². The maximum atomic E-state index is 12.6. The molecule has 1 N–H and O–H groups in total. The van der Waals surface area contributed by atoms with Crippen molar-refractivity contribution in [3.8, 4) is 11.5 Å². The summed E-state index contributed by atoms with van der Waals surface area (Å²) in [6.45, 7) is 9.50. The molecule has 0 spiro atoms. The number of amides is 1. The number of nitrogens with one attached hydrogen (secondary N) is 1. The van der Waals surface area contributed by atoms with Gasteiger partial charge in [-0.05, 0) is 57.9 Å². The lowest BCUT2D eigenvalue weighted by molar-refractivity contribution is 0.0937. The van der Waals surface area contributed by atoms with E-state index >= 15 is 0 Å². The number of benzene rings is 1. The lowest BCUT2D eigenvalue weighted by Gasteiger charge is -2.19. The van der Waals surface area contributed by atoms with Crippen LogP contribution in [0.25, 0.3) is 0 Å². The highest BCUT2D eigenvalue weighted by atomic mass is 16.5. The summed E-state index contributed by atoms with van der Waals surface area (Å²) in [7, 11) is 3.20. The van der Waals surface area contributed by atoms with E-state index in [2.05, 4.69) is 5.32 Å². The summed E-state index contributed by atoms with van der Waals surface area (Å²) in [5.41, 5.74) is 3.49. The fourth-order valence-corrected chi connectivity index (χ4v) is 2.94. The second kappa shape index (κ2) is 6.99. The van der Waals surface area contributed by atoms with Crippen molar-refractivity contribution in [3.05, 3.63) is 45.9 Å². The average Bonchev–Trinajstić information content (AvgIpc) is 2.79. The van der Waals surface area contributed by atoms with E-state index in [0.29, 0.717) is 22.8 Å². The summed E-state index contributed by atoms with van der Waals surface area (Å²) in [6, 6.07) is 3.64. The Labute approximate surface area is 143 Å². The molecular formula is C19H25NO4. The summed E-state index contributed by atoms with van der Waals surface area (Å²) >= 11 is 0. The Bertz CT molecular complexity index is 761. The van der Waals surface area contributed by atoms with E-state index in [1.165, 1.54) is 0 Å². The Morgan fingerprint density at radius 2 is 1.62 bits per heavy atom. The summed E-state index contributed by atoms with van der Waals surface area (Å²) in [5.74, 6) is 2.59.